The van der Waals surface area contributed by atoms with Crippen LogP contribution in [0.4, 0.5) is 0 Å². The first-order valence-corrected chi connectivity index (χ1v) is 6.54. The van der Waals surface area contributed by atoms with Crippen molar-refractivity contribution >= 4 is 23.6 Å². The molecule has 6 heteroatoms. The Balaban J connectivity index is 2.66. The van der Waals surface area contributed by atoms with Crippen molar-refractivity contribution in [3.8, 4) is 0 Å². The quantitative estimate of drug-likeness (QED) is 0.611. The molecule has 1 aromatic heterocycles. The molecule has 0 bridgehead atoms. The molecule has 0 saturated carbocycles. The van der Waals surface area contributed by atoms with E-state index in [1.165, 1.54) is 11.0 Å². The number of carbonyl (C=O) groups is 1. The molecule has 0 spiro atoms. The largest absolute Gasteiger partial charge is 0.396 e. The molecule has 0 fully saturated rings. The SMILES string of the molecule is CN(CC(C)(CO)CO)C(=O)/C=C/c1ccnc(Cl)c1. The van der Waals surface area contributed by atoms with Gasteiger partial charge in [-0.2, -0.15) is 0 Å². The van der Waals surface area contributed by atoms with Crippen LogP contribution >= 0.6 is 11.6 Å². The Morgan fingerprint density at radius 3 is 2.70 bits per heavy atom. The van der Waals surface area contributed by atoms with E-state index in [0.29, 0.717) is 5.15 Å². The fourth-order valence-electron chi connectivity index (χ4n) is 1.62. The van der Waals surface area contributed by atoms with Crippen LogP contribution in [-0.4, -0.2) is 52.8 Å². The van der Waals surface area contributed by atoms with Crippen molar-refractivity contribution in [1.82, 2.24) is 9.88 Å². The summed E-state index contributed by atoms with van der Waals surface area (Å²) in [5.74, 6) is -0.217. The minimum absolute atomic E-state index is 0.190. The lowest BCUT2D eigenvalue weighted by Crippen LogP contribution is -2.41. The van der Waals surface area contributed by atoms with E-state index in [0.717, 1.165) is 5.56 Å². The number of aromatic nitrogens is 1. The van der Waals surface area contributed by atoms with E-state index in [-0.39, 0.29) is 25.7 Å². The van der Waals surface area contributed by atoms with Crippen LogP contribution in [0, 0.1) is 5.41 Å². The third-order valence-electron chi connectivity index (χ3n) is 2.93. The van der Waals surface area contributed by atoms with E-state index in [1.807, 2.05) is 0 Å². The summed E-state index contributed by atoms with van der Waals surface area (Å²) in [6, 6.07) is 3.39. The second-order valence-electron chi connectivity index (χ2n) is 5.07. The molecule has 1 aromatic rings. The standard InChI is InChI=1S/C14H19ClN2O3/c1-14(9-18,10-19)8-17(2)13(20)4-3-11-5-6-16-12(15)7-11/h3-7,18-19H,8-10H2,1-2H3/b4-3+. The van der Waals surface area contributed by atoms with Gasteiger partial charge in [-0.25, -0.2) is 4.98 Å². The maximum atomic E-state index is 11.9. The van der Waals surface area contributed by atoms with Crippen molar-refractivity contribution in [3.05, 3.63) is 35.1 Å². The number of halogens is 1. The van der Waals surface area contributed by atoms with Crippen molar-refractivity contribution in [3.63, 3.8) is 0 Å². The molecule has 0 aliphatic heterocycles. The molecule has 0 aliphatic carbocycles. The highest BCUT2D eigenvalue weighted by molar-refractivity contribution is 6.29. The zero-order chi connectivity index (χ0) is 15.2. The highest BCUT2D eigenvalue weighted by Gasteiger charge is 2.25. The topological polar surface area (TPSA) is 73.7 Å². The number of rotatable bonds is 6. The lowest BCUT2D eigenvalue weighted by atomic mass is 9.92. The zero-order valence-corrected chi connectivity index (χ0v) is 12.3. The van der Waals surface area contributed by atoms with Gasteiger partial charge in [0.2, 0.25) is 5.91 Å². The molecule has 0 unspecified atom stereocenters. The molecule has 1 rings (SSSR count). The number of hydrogen-bond donors (Lipinski definition) is 2. The molecule has 0 aromatic carbocycles. The van der Waals surface area contributed by atoms with Gasteiger partial charge in [-0.1, -0.05) is 18.5 Å². The lowest BCUT2D eigenvalue weighted by molar-refractivity contribution is -0.126. The summed E-state index contributed by atoms with van der Waals surface area (Å²) in [5, 5.41) is 18.8. The first kappa shape index (κ1) is 16.6. The number of hydrogen-bond acceptors (Lipinski definition) is 4. The Labute approximate surface area is 123 Å². The molecule has 0 radical (unpaired) electrons. The highest BCUT2D eigenvalue weighted by Crippen LogP contribution is 2.16. The lowest BCUT2D eigenvalue weighted by Gasteiger charge is -2.29. The summed E-state index contributed by atoms with van der Waals surface area (Å²) in [4.78, 5) is 17.2. The van der Waals surface area contributed by atoms with Gasteiger partial charge in [-0.3, -0.25) is 4.79 Å². The van der Waals surface area contributed by atoms with Gasteiger partial charge in [-0.15, -0.1) is 0 Å². The van der Waals surface area contributed by atoms with Gasteiger partial charge in [0.15, 0.2) is 0 Å². The van der Waals surface area contributed by atoms with Crippen LogP contribution in [0.5, 0.6) is 0 Å². The Morgan fingerprint density at radius 2 is 2.15 bits per heavy atom. The van der Waals surface area contributed by atoms with Crippen LogP contribution in [0.25, 0.3) is 6.08 Å². The van der Waals surface area contributed by atoms with E-state index in [1.54, 1.807) is 38.4 Å². The van der Waals surface area contributed by atoms with E-state index in [2.05, 4.69) is 4.98 Å². The van der Waals surface area contributed by atoms with Gasteiger partial charge in [0.25, 0.3) is 0 Å². The average molecular weight is 299 g/mol. The van der Waals surface area contributed by atoms with Gasteiger partial charge in [0, 0.05) is 31.3 Å². The fraction of sp³-hybridized carbons (Fsp3) is 0.429. The van der Waals surface area contributed by atoms with Gasteiger partial charge in [0.1, 0.15) is 5.15 Å². The van der Waals surface area contributed by atoms with Crippen molar-refractivity contribution in [2.24, 2.45) is 5.41 Å². The normalized spacial score (nSPS) is 11.8. The van der Waals surface area contributed by atoms with Crippen LogP contribution in [0.3, 0.4) is 0 Å². The predicted molar refractivity (Wildman–Crippen MR) is 78.2 cm³/mol. The average Bonchev–Trinajstić information content (AvgIpc) is 2.44. The summed E-state index contributed by atoms with van der Waals surface area (Å²) in [5.41, 5.74) is 0.0666. The maximum Gasteiger partial charge on any atom is 0.246 e. The number of aliphatic hydroxyl groups is 2. The van der Waals surface area contributed by atoms with Crippen LogP contribution in [-0.2, 0) is 4.79 Å². The number of nitrogens with zero attached hydrogens (tertiary/aromatic N) is 2. The van der Waals surface area contributed by atoms with E-state index in [9.17, 15) is 15.0 Å². The molecule has 0 aliphatic rings. The van der Waals surface area contributed by atoms with E-state index >= 15 is 0 Å². The monoisotopic (exact) mass is 298 g/mol. The number of aliphatic hydroxyl groups excluding tert-OH is 2. The highest BCUT2D eigenvalue weighted by atomic mass is 35.5. The maximum absolute atomic E-state index is 11.9. The van der Waals surface area contributed by atoms with E-state index in [4.69, 9.17) is 11.6 Å². The molecular weight excluding hydrogens is 280 g/mol. The molecule has 0 atom stereocenters. The number of pyridine rings is 1. The Hall–Kier alpha value is -1.43. The third kappa shape index (κ3) is 4.92. The number of amides is 1. The second-order valence-corrected chi connectivity index (χ2v) is 5.45. The van der Waals surface area contributed by atoms with Crippen molar-refractivity contribution in [2.45, 2.75) is 6.92 Å². The molecule has 1 heterocycles. The first-order valence-electron chi connectivity index (χ1n) is 6.17. The third-order valence-corrected chi connectivity index (χ3v) is 3.13. The summed E-state index contributed by atoms with van der Waals surface area (Å²) in [6.45, 7) is 1.60. The van der Waals surface area contributed by atoms with Crippen LogP contribution in [0.2, 0.25) is 5.15 Å². The first-order chi connectivity index (χ1) is 9.40. The number of likely N-dealkylation sites (N-methyl/N-ethyl adjacent to an activating group) is 1. The van der Waals surface area contributed by atoms with Gasteiger partial charge in [-0.05, 0) is 23.8 Å². The van der Waals surface area contributed by atoms with Crippen LogP contribution in [0.15, 0.2) is 24.4 Å². The smallest absolute Gasteiger partial charge is 0.246 e. The summed E-state index contributed by atoms with van der Waals surface area (Å²) in [7, 11) is 1.62. The zero-order valence-electron chi connectivity index (χ0n) is 11.6. The van der Waals surface area contributed by atoms with Gasteiger partial charge < -0.3 is 15.1 Å². The minimum atomic E-state index is -0.710. The molecule has 1 amide bonds. The molecule has 5 nitrogen and oxygen atoms in total. The molecule has 20 heavy (non-hydrogen) atoms. The summed E-state index contributed by atoms with van der Waals surface area (Å²) < 4.78 is 0. The Morgan fingerprint density at radius 1 is 1.50 bits per heavy atom. The van der Waals surface area contributed by atoms with Crippen LogP contribution < -0.4 is 0 Å². The number of carbonyl (C=O) groups excluding carboxylic acids is 1. The van der Waals surface area contributed by atoms with Crippen molar-refractivity contribution < 1.29 is 15.0 Å². The Kier molecular flexibility index (Phi) is 6.13. The van der Waals surface area contributed by atoms with Crippen molar-refractivity contribution in [2.75, 3.05) is 26.8 Å². The van der Waals surface area contributed by atoms with Crippen LogP contribution in [0.1, 0.15) is 12.5 Å². The molecule has 0 saturated heterocycles. The molecule has 2 N–H and O–H groups in total. The minimum Gasteiger partial charge on any atom is -0.396 e. The molecule has 110 valence electrons. The Bertz CT molecular complexity index is 487. The second kappa shape index (κ2) is 7.38. The van der Waals surface area contributed by atoms with Gasteiger partial charge in [0.05, 0.1) is 13.2 Å². The fourth-order valence-corrected chi connectivity index (χ4v) is 1.80. The summed E-state index contributed by atoms with van der Waals surface area (Å²) >= 11 is 5.75. The molecular formula is C14H19ClN2O3. The van der Waals surface area contributed by atoms with Gasteiger partial charge >= 0.3 is 0 Å². The van der Waals surface area contributed by atoms with Crippen molar-refractivity contribution in [1.29, 1.82) is 0 Å². The summed E-state index contributed by atoms with van der Waals surface area (Å²) in [6.07, 6.45) is 4.62. The predicted octanol–water partition coefficient (Wildman–Crippen LogP) is 1.20. The van der Waals surface area contributed by atoms with E-state index < -0.39 is 5.41 Å².